The van der Waals surface area contributed by atoms with Crippen LogP contribution in [0.4, 0.5) is 8.78 Å². The second kappa shape index (κ2) is 7.01. The Morgan fingerprint density at radius 3 is 2.52 bits per heavy atom. The highest BCUT2D eigenvalue weighted by molar-refractivity contribution is 7.91. The molecule has 0 fully saturated rings. The molecule has 0 aliphatic heterocycles. The Morgan fingerprint density at radius 2 is 2.05 bits per heavy atom. The molecule has 114 valence electrons. The second-order valence-electron chi connectivity index (χ2n) is 5.55. The zero-order valence-electron chi connectivity index (χ0n) is 12.5. The van der Waals surface area contributed by atoms with Crippen molar-refractivity contribution in [3.63, 3.8) is 0 Å². The molecule has 0 aliphatic rings. The molecule has 0 heterocycles. The highest BCUT2D eigenvalue weighted by Gasteiger charge is 2.27. The molecule has 21 heavy (non-hydrogen) atoms. The lowest BCUT2D eigenvalue weighted by Crippen LogP contribution is -2.26. The molecule has 6 heteroatoms. The number of nitrogens with zero attached hydrogens (tertiary/aromatic N) is 2. The first-order valence-corrected chi connectivity index (χ1v) is 7.53. The normalized spacial score (nSPS) is 14.1. The fourth-order valence-corrected chi connectivity index (χ4v) is 2.36. The molecule has 1 rings (SSSR count). The minimum absolute atomic E-state index is 0.134. The molecule has 1 aromatic carbocycles. The van der Waals surface area contributed by atoms with E-state index >= 15 is 0 Å². The average Bonchev–Trinajstić information content (AvgIpc) is 2.37. The molecule has 0 unspecified atom stereocenters. The summed E-state index contributed by atoms with van der Waals surface area (Å²) in [4.78, 5) is 0. The van der Waals surface area contributed by atoms with E-state index in [1.165, 1.54) is 12.1 Å². The van der Waals surface area contributed by atoms with Crippen LogP contribution in [0.25, 0.3) is 0 Å². The molecule has 0 aromatic heterocycles. The first kappa shape index (κ1) is 17.6. The van der Waals surface area contributed by atoms with Gasteiger partial charge in [0.2, 0.25) is 0 Å². The standard InChI is InChI=1S/C15H18F2N2OS/c1-10(19-21(20)15(2,3)4)11-6-5-7-13(14(16)17)12(11)8-9-18/h5-7,14H,8H2,1-4H3/b19-10-/t21-/m1/s1. The monoisotopic (exact) mass is 312 g/mol. The molecule has 0 radical (unpaired) electrons. The Bertz CT molecular complexity index is 574. The van der Waals surface area contributed by atoms with Gasteiger partial charge in [0.15, 0.2) is 0 Å². The highest BCUT2D eigenvalue weighted by atomic mass is 32.2. The maximum absolute atomic E-state index is 13.0. The zero-order chi connectivity index (χ0) is 16.2. The molecule has 0 bridgehead atoms. The number of halogens is 2. The van der Waals surface area contributed by atoms with E-state index in [0.717, 1.165) is 0 Å². The Morgan fingerprint density at radius 1 is 1.43 bits per heavy atom. The number of hydrogen-bond donors (Lipinski definition) is 0. The second-order valence-corrected chi connectivity index (χ2v) is 7.45. The lowest BCUT2D eigenvalue weighted by atomic mass is 9.96. The van der Waals surface area contributed by atoms with Crippen molar-refractivity contribution in [1.82, 2.24) is 0 Å². The fourth-order valence-electron chi connectivity index (χ4n) is 1.73. The molecular weight excluding hydrogens is 294 g/mol. The minimum atomic E-state index is -2.66. The van der Waals surface area contributed by atoms with Crippen LogP contribution in [0.1, 0.15) is 50.8 Å². The largest absolute Gasteiger partial charge is 0.591 e. The Kier molecular flexibility index (Phi) is 5.87. The average molecular weight is 312 g/mol. The smallest absolute Gasteiger partial charge is 0.264 e. The first-order valence-electron chi connectivity index (χ1n) is 6.43. The Hall–Kier alpha value is -1.45. The van der Waals surface area contributed by atoms with Crippen molar-refractivity contribution < 1.29 is 13.3 Å². The molecule has 0 saturated carbocycles. The lowest BCUT2D eigenvalue weighted by Gasteiger charge is -2.19. The van der Waals surface area contributed by atoms with Crippen LogP contribution in [0.5, 0.6) is 0 Å². The summed E-state index contributed by atoms with van der Waals surface area (Å²) in [6, 6.07) is 6.31. The van der Waals surface area contributed by atoms with Gasteiger partial charge in [-0.2, -0.15) is 5.26 Å². The zero-order valence-corrected chi connectivity index (χ0v) is 13.3. The number of nitriles is 1. The van der Waals surface area contributed by atoms with Crippen molar-refractivity contribution in [2.24, 2.45) is 4.40 Å². The highest BCUT2D eigenvalue weighted by Crippen LogP contribution is 2.27. The maximum atomic E-state index is 13.0. The molecule has 1 atom stereocenters. The van der Waals surface area contributed by atoms with Crippen LogP contribution in [-0.2, 0) is 17.8 Å². The molecule has 0 spiro atoms. The van der Waals surface area contributed by atoms with Crippen molar-refractivity contribution in [3.8, 4) is 6.07 Å². The fraction of sp³-hybridized carbons (Fsp3) is 0.467. The molecular formula is C15H18F2N2OS. The van der Waals surface area contributed by atoms with Gasteiger partial charge in [0.25, 0.3) is 6.43 Å². The summed E-state index contributed by atoms with van der Waals surface area (Å²) in [5.41, 5.74) is 0.926. The van der Waals surface area contributed by atoms with Gasteiger partial charge in [-0.1, -0.05) is 22.6 Å². The predicted molar refractivity (Wildman–Crippen MR) is 80.8 cm³/mol. The van der Waals surface area contributed by atoms with E-state index in [-0.39, 0.29) is 17.5 Å². The summed E-state index contributed by atoms with van der Waals surface area (Å²) >= 11 is -1.48. The van der Waals surface area contributed by atoms with Crippen molar-refractivity contribution >= 4 is 17.1 Å². The summed E-state index contributed by atoms with van der Waals surface area (Å²) in [5, 5.41) is 8.85. The van der Waals surface area contributed by atoms with Crippen LogP contribution < -0.4 is 0 Å². The number of rotatable bonds is 4. The minimum Gasteiger partial charge on any atom is -0.591 e. The van der Waals surface area contributed by atoms with E-state index in [0.29, 0.717) is 11.3 Å². The van der Waals surface area contributed by atoms with Gasteiger partial charge in [0, 0.05) is 11.1 Å². The summed E-state index contributed by atoms with van der Waals surface area (Å²) in [6.07, 6.45) is -2.79. The quantitative estimate of drug-likeness (QED) is 0.624. The van der Waals surface area contributed by atoms with Gasteiger partial charge in [-0.25, -0.2) is 8.78 Å². The van der Waals surface area contributed by atoms with E-state index < -0.39 is 22.5 Å². The number of alkyl halides is 2. The van der Waals surface area contributed by atoms with Crippen molar-refractivity contribution in [1.29, 1.82) is 5.26 Å². The third-order valence-corrected chi connectivity index (χ3v) is 4.32. The van der Waals surface area contributed by atoms with E-state index in [1.54, 1.807) is 33.8 Å². The van der Waals surface area contributed by atoms with Gasteiger partial charge in [0.05, 0.1) is 18.2 Å². The van der Waals surface area contributed by atoms with Gasteiger partial charge in [-0.3, -0.25) is 0 Å². The Labute approximate surface area is 127 Å². The van der Waals surface area contributed by atoms with E-state index in [1.807, 2.05) is 6.07 Å². The van der Waals surface area contributed by atoms with Crippen LogP contribution >= 0.6 is 0 Å². The van der Waals surface area contributed by atoms with E-state index in [2.05, 4.69) is 4.40 Å². The van der Waals surface area contributed by atoms with Crippen molar-refractivity contribution in [2.75, 3.05) is 0 Å². The SMILES string of the molecule is C/C(=N/[S@+]([O-])C(C)(C)C)c1cccc(C(F)F)c1CC#N. The van der Waals surface area contributed by atoms with Crippen molar-refractivity contribution in [2.45, 2.75) is 45.3 Å². The third-order valence-electron chi connectivity index (χ3n) is 2.84. The van der Waals surface area contributed by atoms with Gasteiger partial charge in [0.1, 0.15) is 16.1 Å². The van der Waals surface area contributed by atoms with Crippen LogP contribution in [0.2, 0.25) is 0 Å². The molecule has 3 nitrogen and oxygen atoms in total. The molecule has 0 aliphatic carbocycles. The summed E-state index contributed by atoms with van der Waals surface area (Å²) in [5.74, 6) is 0. The van der Waals surface area contributed by atoms with Crippen LogP contribution in [0.15, 0.2) is 22.6 Å². The van der Waals surface area contributed by atoms with Gasteiger partial charge < -0.3 is 4.55 Å². The van der Waals surface area contributed by atoms with Gasteiger partial charge >= 0.3 is 0 Å². The molecule has 0 N–H and O–H groups in total. The summed E-state index contributed by atoms with van der Waals surface area (Å²) in [6.45, 7) is 6.97. The summed E-state index contributed by atoms with van der Waals surface area (Å²) in [7, 11) is 0. The molecule has 1 aromatic rings. The topological polar surface area (TPSA) is 59.2 Å². The maximum Gasteiger partial charge on any atom is 0.264 e. The van der Waals surface area contributed by atoms with Crippen molar-refractivity contribution in [3.05, 3.63) is 34.9 Å². The first-order chi connectivity index (χ1) is 9.68. The molecule has 0 amide bonds. The van der Waals surface area contributed by atoms with Gasteiger partial charge in [-0.05, 0) is 33.3 Å². The Balaban J connectivity index is 3.33. The number of hydrogen-bond acceptors (Lipinski definition) is 3. The van der Waals surface area contributed by atoms with E-state index in [4.69, 9.17) is 5.26 Å². The summed E-state index contributed by atoms with van der Waals surface area (Å²) < 4.78 is 41.7. The molecule has 0 saturated heterocycles. The van der Waals surface area contributed by atoms with Crippen LogP contribution in [0, 0.1) is 11.3 Å². The van der Waals surface area contributed by atoms with Crippen LogP contribution in [0.3, 0.4) is 0 Å². The van der Waals surface area contributed by atoms with Crippen LogP contribution in [-0.4, -0.2) is 15.0 Å². The number of benzene rings is 1. The predicted octanol–water partition coefficient (Wildman–Crippen LogP) is 3.96. The lowest BCUT2D eigenvalue weighted by molar-refractivity contribution is 0.150. The third kappa shape index (κ3) is 4.51. The van der Waals surface area contributed by atoms with E-state index in [9.17, 15) is 13.3 Å². The van der Waals surface area contributed by atoms with Gasteiger partial charge in [-0.15, -0.1) is 0 Å².